The number of imide groups is 1. The molecule has 0 radical (unpaired) electrons. The first kappa shape index (κ1) is 15.0. The summed E-state index contributed by atoms with van der Waals surface area (Å²) >= 11 is 0. The summed E-state index contributed by atoms with van der Waals surface area (Å²) in [7, 11) is -0.288. The summed E-state index contributed by atoms with van der Waals surface area (Å²) < 4.78 is 17.3. The van der Waals surface area contributed by atoms with Gasteiger partial charge in [-0.3, -0.25) is 14.3 Å². The quantitative estimate of drug-likeness (QED) is 0.670. The Balaban J connectivity index is 3.00. The summed E-state index contributed by atoms with van der Waals surface area (Å²) in [5.41, 5.74) is 10.9. The Morgan fingerprint density at radius 1 is 1.42 bits per heavy atom. The van der Waals surface area contributed by atoms with Crippen molar-refractivity contribution < 1.29 is 18.5 Å². The largest absolute Gasteiger partial charge is 0.495 e. The summed E-state index contributed by atoms with van der Waals surface area (Å²) in [5.74, 6) is -0.401. The van der Waals surface area contributed by atoms with Crippen LogP contribution in [0.25, 0.3) is 0 Å². The zero-order chi connectivity index (χ0) is 14.6. The lowest BCUT2D eigenvalue weighted by atomic mass is 10.3. The van der Waals surface area contributed by atoms with Crippen LogP contribution in [-0.2, 0) is 15.6 Å². The van der Waals surface area contributed by atoms with E-state index in [2.05, 4.69) is 0 Å². The zero-order valence-corrected chi connectivity index (χ0v) is 11.3. The van der Waals surface area contributed by atoms with Crippen molar-refractivity contribution in [2.75, 3.05) is 12.8 Å². The lowest BCUT2D eigenvalue weighted by Crippen LogP contribution is -2.42. The first-order valence-corrected chi connectivity index (χ1v) is 6.52. The molecule has 0 heterocycles. The number of urea groups is 1. The summed E-state index contributed by atoms with van der Waals surface area (Å²) in [4.78, 5) is 22.5. The van der Waals surface area contributed by atoms with E-state index in [1.165, 1.54) is 26.2 Å². The second kappa shape index (κ2) is 6.19. The molecule has 0 aromatic heterocycles. The number of hydrogen-bond acceptors (Lipinski definition) is 5. The zero-order valence-electron chi connectivity index (χ0n) is 10.5. The van der Waals surface area contributed by atoms with Crippen LogP contribution in [0.2, 0.25) is 0 Å². The van der Waals surface area contributed by atoms with E-state index in [9.17, 15) is 13.8 Å². The van der Waals surface area contributed by atoms with Crippen molar-refractivity contribution in [3.63, 3.8) is 0 Å². The molecule has 3 amide bonds. The van der Waals surface area contributed by atoms with E-state index in [-0.39, 0.29) is 0 Å². The number of carbonyl (C=O) groups excluding carboxylic acids is 2. The second-order valence-electron chi connectivity index (χ2n) is 3.70. The predicted molar refractivity (Wildman–Crippen MR) is 71.0 cm³/mol. The van der Waals surface area contributed by atoms with Crippen molar-refractivity contribution >= 4 is 28.4 Å². The molecule has 1 rings (SSSR count). The molecule has 2 unspecified atom stereocenters. The molecule has 5 N–H and O–H groups in total. The third kappa shape index (κ3) is 3.68. The first-order valence-electron chi connectivity index (χ1n) is 5.31. The highest BCUT2D eigenvalue weighted by molar-refractivity contribution is 7.86. The monoisotopic (exact) mass is 285 g/mol. The fourth-order valence-corrected chi connectivity index (χ4v) is 2.54. The van der Waals surface area contributed by atoms with Crippen molar-refractivity contribution in [1.29, 1.82) is 0 Å². The lowest BCUT2D eigenvalue weighted by molar-refractivity contribution is -0.119. The smallest absolute Gasteiger partial charge is 0.318 e. The highest BCUT2D eigenvalue weighted by Crippen LogP contribution is 2.26. The number of benzene rings is 1. The van der Waals surface area contributed by atoms with Crippen molar-refractivity contribution in [2.45, 2.75) is 17.1 Å². The molecule has 0 aliphatic rings. The predicted octanol–water partition coefficient (Wildman–Crippen LogP) is -0.0316. The molecule has 19 heavy (non-hydrogen) atoms. The fourth-order valence-electron chi connectivity index (χ4n) is 1.36. The van der Waals surface area contributed by atoms with E-state index in [0.717, 1.165) is 0 Å². The average Bonchev–Trinajstić information content (AvgIpc) is 2.36. The van der Waals surface area contributed by atoms with Crippen molar-refractivity contribution in [3.05, 3.63) is 18.2 Å². The number of anilines is 1. The van der Waals surface area contributed by atoms with E-state index in [4.69, 9.17) is 16.2 Å². The molecule has 1 aromatic carbocycles. The molecule has 0 aliphatic carbocycles. The molecule has 0 saturated carbocycles. The van der Waals surface area contributed by atoms with Crippen molar-refractivity contribution in [2.24, 2.45) is 5.73 Å². The van der Waals surface area contributed by atoms with E-state index in [1.807, 2.05) is 5.32 Å². The third-order valence-electron chi connectivity index (χ3n) is 2.34. The Morgan fingerprint density at radius 3 is 2.58 bits per heavy atom. The standard InChI is InChI=1S/C11H15N3O4S/c1-6(10(15)14-11(13)16)19(17)9-4-3-7(12)5-8(9)18-2/h3-6H,12H2,1-2H3,(H3,13,14,15,16). The molecule has 0 spiro atoms. The first-order chi connectivity index (χ1) is 8.86. The Kier molecular flexibility index (Phi) is 4.87. The summed E-state index contributed by atoms with van der Waals surface area (Å²) in [5, 5.41) is 0.930. The van der Waals surface area contributed by atoms with Gasteiger partial charge in [0.25, 0.3) is 0 Å². The van der Waals surface area contributed by atoms with Gasteiger partial charge in [-0.15, -0.1) is 0 Å². The topological polar surface area (TPSA) is 125 Å². The van der Waals surface area contributed by atoms with Crippen LogP contribution in [0, 0.1) is 0 Å². The number of methoxy groups -OCH3 is 1. The maximum absolute atomic E-state index is 12.2. The number of rotatable bonds is 4. The van der Waals surface area contributed by atoms with Gasteiger partial charge in [-0.1, -0.05) is 0 Å². The number of hydrogen-bond donors (Lipinski definition) is 3. The Bertz CT molecular complexity index is 533. The molecule has 0 bridgehead atoms. The molecule has 0 fully saturated rings. The van der Waals surface area contributed by atoms with Crippen molar-refractivity contribution in [1.82, 2.24) is 5.32 Å². The second-order valence-corrected chi connectivity index (χ2v) is 5.45. The summed E-state index contributed by atoms with van der Waals surface area (Å²) in [6.45, 7) is 1.42. The number of primary amides is 1. The van der Waals surface area contributed by atoms with Gasteiger partial charge in [0.1, 0.15) is 11.0 Å². The van der Waals surface area contributed by atoms with Crippen LogP contribution in [0.4, 0.5) is 10.5 Å². The van der Waals surface area contributed by atoms with Crippen LogP contribution >= 0.6 is 0 Å². The van der Waals surface area contributed by atoms with Gasteiger partial charge in [0.15, 0.2) is 0 Å². The molecule has 8 heteroatoms. The molecule has 0 aliphatic heterocycles. The number of nitrogens with one attached hydrogen (secondary N) is 1. The van der Waals surface area contributed by atoms with Crippen LogP contribution in [0.3, 0.4) is 0 Å². The number of ether oxygens (including phenoxy) is 1. The normalized spacial score (nSPS) is 13.4. The van der Waals surface area contributed by atoms with Gasteiger partial charge in [-0.2, -0.15) is 0 Å². The number of amides is 3. The molecule has 2 atom stereocenters. The molecule has 7 nitrogen and oxygen atoms in total. The minimum absolute atomic E-state index is 0.317. The fraction of sp³-hybridized carbons (Fsp3) is 0.273. The van der Waals surface area contributed by atoms with Gasteiger partial charge in [-0.25, -0.2) is 4.79 Å². The van der Waals surface area contributed by atoms with E-state index < -0.39 is 28.0 Å². The third-order valence-corrected chi connectivity index (χ3v) is 3.97. The molecule has 104 valence electrons. The van der Waals surface area contributed by atoms with E-state index in [0.29, 0.717) is 16.3 Å². The SMILES string of the molecule is COc1cc(N)ccc1S(=O)C(C)C(=O)NC(N)=O. The van der Waals surface area contributed by atoms with Gasteiger partial charge in [0.2, 0.25) is 5.91 Å². The highest BCUT2D eigenvalue weighted by atomic mass is 32.2. The Hall–Kier alpha value is -2.09. The van der Waals surface area contributed by atoms with Gasteiger partial charge in [-0.05, 0) is 19.1 Å². The van der Waals surface area contributed by atoms with Crippen molar-refractivity contribution in [3.8, 4) is 5.75 Å². The van der Waals surface area contributed by atoms with E-state index >= 15 is 0 Å². The number of carbonyl (C=O) groups is 2. The molecular weight excluding hydrogens is 270 g/mol. The molecular formula is C11H15N3O4S. The van der Waals surface area contributed by atoms with Gasteiger partial charge < -0.3 is 16.2 Å². The number of nitrogen functional groups attached to an aromatic ring is 1. The van der Waals surface area contributed by atoms with Gasteiger partial charge >= 0.3 is 6.03 Å². The van der Waals surface area contributed by atoms with Crippen LogP contribution < -0.4 is 21.5 Å². The molecule has 1 aromatic rings. The summed E-state index contributed by atoms with van der Waals surface area (Å²) in [6.07, 6.45) is 0. The van der Waals surface area contributed by atoms with Crippen LogP contribution in [0.5, 0.6) is 5.75 Å². The Morgan fingerprint density at radius 2 is 2.05 bits per heavy atom. The Labute approximate surface area is 112 Å². The van der Waals surface area contributed by atoms with E-state index in [1.54, 1.807) is 6.07 Å². The maximum Gasteiger partial charge on any atom is 0.318 e. The molecule has 0 saturated heterocycles. The maximum atomic E-state index is 12.2. The minimum Gasteiger partial charge on any atom is -0.495 e. The minimum atomic E-state index is -1.69. The van der Waals surface area contributed by atoms with Crippen LogP contribution in [0.15, 0.2) is 23.1 Å². The number of nitrogens with two attached hydrogens (primary N) is 2. The average molecular weight is 285 g/mol. The van der Waals surface area contributed by atoms with Crippen LogP contribution in [-0.4, -0.2) is 28.5 Å². The van der Waals surface area contributed by atoms with Gasteiger partial charge in [0, 0.05) is 11.8 Å². The van der Waals surface area contributed by atoms with Gasteiger partial charge in [0.05, 0.1) is 22.8 Å². The summed E-state index contributed by atoms with van der Waals surface area (Å²) in [6, 6.07) is 3.58. The lowest BCUT2D eigenvalue weighted by Gasteiger charge is -2.13. The van der Waals surface area contributed by atoms with Crippen LogP contribution in [0.1, 0.15) is 6.92 Å². The highest BCUT2D eigenvalue weighted by Gasteiger charge is 2.24.